The number of rotatable bonds is 8. The van der Waals surface area contributed by atoms with Crippen molar-refractivity contribution >= 4 is 5.97 Å². The Balaban J connectivity index is 3.99. The van der Waals surface area contributed by atoms with Crippen LogP contribution in [0.5, 0.6) is 0 Å². The molecule has 0 aliphatic rings. The number of hydrogen-bond acceptors (Lipinski definition) is 7. The lowest BCUT2D eigenvalue weighted by Crippen LogP contribution is -2.25. The quantitative estimate of drug-likeness (QED) is 0.434. The second kappa shape index (κ2) is 6.34. The summed E-state index contributed by atoms with van der Waals surface area (Å²) in [6, 6.07) is 0. The molecular formula is C5H8N2O8. The molecule has 0 heterocycles. The van der Waals surface area contributed by atoms with Crippen LogP contribution in [0, 0.1) is 20.2 Å². The monoisotopic (exact) mass is 224 g/mol. The molecular weight excluding hydrogens is 216 g/mol. The molecule has 0 spiro atoms. The Morgan fingerprint density at radius 3 is 2.33 bits per heavy atom. The number of aliphatic carboxylic acids is 1. The van der Waals surface area contributed by atoms with Crippen molar-refractivity contribution in [2.75, 3.05) is 6.61 Å². The molecule has 10 heteroatoms. The van der Waals surface area contributed by atoms with E-state index in [1.54, 1.807) is 0 Å². The fraction of sp³-hybridized carbons (Fsp3) is 0.800. The van der Waals surface area contributed by atoms with E-state index in [0.717, 1.165) is 0 Å². The van der Waals surface area contributed by atoms with Crippen LogP contribution in [-0.4, -0.2) is 34.0 Å². The zero-order valence-electron chi connectivity index (χ0n) is 7.40. The lowest BCUT2D eigenvalue weighted by Gasteiger charge is -2.11. The third-order valence-electron chi connectivity index (χ3n) is 1.28. The summed E-state index contributed by atoms with van der Waals surface area (Å²) in [4.78, 5) is 37.6. The first-order chi connectivity index (χ1) is 6.91. The van der Waals surface area contributed by atoms with Crippen LogP contribution in [-0.2, 0) is 14.5 Å². The first-order valence-corrected chi connectivity index (χ1v) is 3.72. The minimum absolute atomic E-state index is 0.246. The molecule has 0 bridgehead atoms. The van der Waals surface area contributed by atoms with Gasteiger partial charge in [-0.05, 0) is 6.42 Å². The molecule has 0 aromatic heterocycles. The van der Waals surface area contributed by atoms with Gasteiger partial charge in [0.15, 0.2) is 0 Å². The van der Waals surface area contributed by atoms with Gasteiger partial charge in [0.1, 0.15) is 12.7 Å². The van der Waals surface area contributed by atoms with Gasteiger partial charge in [-0.3, -0.25) is 4.79 Å². The second-order valence-electron chi connectivity index (χ2n) is 2.40. The standard InChI is InChI=1S/C5H8N2O8/c8-5(9)2-1-4(15-7(12)13)3-14-6(10)11/h4H,1-3H2,(H,8,9)/t4-/m1/s1. The van der Waals surface area contributed by atoms with Crippen molar-refractivity contribution < 1.29 is 29.7 Å². The van der Waals surface area contributed by atoms with Crippen molar-refractivity contribution in [3.05, 3.63) is 20.2 Å². The molecule has 0 unspecified atom stereocenters. The summed E-state index contributed by atoms with van der Waals surface area (Å²) in [5, 5.41) is 25.7. The van der Waals surface area contributed by atoms with Gasteiger partial charge in [0, 0.05) is 6.42 Å². The van der Waals surface area contributed by atoms with Crippen LogP contribution >= 0.6 is 0 Å². The van der Waals surface area contributed by atoms with Gasteiger partial charge in [-0.25, -0.2) is 0 Å². The van der Waals surface area contributed by atoms with Crippen molar-refractivity contribution in [2.45, 2.75) is 18.9 Å². The van der Waals surface area contributed by atoms with Gasteiger partial charge in [-0.15, -0.1) is 20.2 Å². The van der Waals surface area contributed by atoms with Gasteiger partial charge < -0.3 is 14.8 Å². The van der Waals surface area contributed by atoms with E-state index >= 15 is 0 Å². The number of nitrogens with zero attached hydrogens (tertiary/aromatic N) is 2. The number of carboxylic acids is 1. The van der Waals surface area contributed by atoms with Crippen LogP contribution in [0.25, 0.3) is 0 Å². The van der Waals surface area contributed by atoms with Gasteiger partial charge >= 0.3 is 5.97 Å². The molecule has 0 radical (unpaired) electrons. The third kappa shape index (κ3) is 8.21. The van der Waals surface area contributed by atoms with Crippen LogP contribution < -0.4 is 0 Å². The molecule has 86 valence electrons. The van der Waals surface area contributed by atoms with E-state index in [1.807, 2.05) is 0 Å². The molecule has 0 amide bonds. The zero-order valence-corrected chi connectivity index (χ0v) is 7.40. The highest BCUT2D eigenvalue weighted by Crippen LogP contribution is 2.03. The van der Waals surface area contributed by atoms with E-state index < -0.39 is 35.3 Å². The van der Waals surface area contributed by atoms with Crippen LogP contribution in [0.15, 0.2) is 0 Å². The third-order valence-corrected chi connectivity index (χ3v) is 1.28. The molecule has 10 nitrogen and oxygen atoms in total. The molecule has 0 saturated carbocycles. The van der Waals surface area contributed by atoms with Gasteiger partial charge in [0.25, 0.3) is 10.2 Å². The zero-order chi connectivity index (χ0) is 11.8. The van der Waals surface area contributed by atoms with Crippen LogP contribution in [0.4, 0.5) is 0 Å². The predicted octanol–water partition coefficient (Wildman–Crippen LogP) is -0.364. The topological polar surface area (TPSA) is 142 Å². The highest BCUT2D eigenvalue weighted by molar-refractivity contribution is 5.66. The molecule has 0 aliphatic heterocycles. The first kappa shape index (κ1) is 12.9. The predicted molar refractivity (Wildman–Crippen MR) is 41.7 cm³/mol. The van der Waals surface area contributed by atoms with Crippen LogP contribution in [0.1, 0.15) is 12.8 Å². The normalized spacial score (nSPS) is 11.5. The maximum Gasteiger partial charge on any atom is 0.303 e. The summed E-state index contributed by atoms with van der Waals surface area (Å²) in [5.74, 6) is -1.19. The summed E-state index contributed by atoms with van der Waals surface area (Å²) in [5.41, 5.74) is 0. The average Bonchev–Trinajstić information content (AvgIpc) is 2.08. The van der Waals surface area contributed by atoms with E-state index in [9.17, 15) is 25.0 Å². The van der Waals surface area contributed by atoms with Crippen LogP contribution in [0.2, 0.25) is 0 Å². The largest absolute Gasteiger partial charge is 0.481 e. The molecule has 15 heavy (non-hydrogen) atoms. The fourth-order valence-corrected chi connectivity index (χ4v) is 0.717. The highest BCUT2D eigenvalue weighted by Gasteiger charge is 2.16. The Hall–Kier alpha value is -2.13. The summed E-state index contributed by atoms with van der Waals surface area (Å²) >= 11 is 0. The van der Waals surface area contributed by atoms with Gasteiger partial charge in [-0.2, -0.15) is 0 Å². The Bertz CT molecular complexity index is 235. The molecule has 0 rings (SSSR count). The minimum Gasteiger partial charge on any atom is -0.481 e. The lowest BCUT2D eigenvalue weighted by molar-refractivity contribution is -0.790. The van der Waals surface area contributed by atoms with Crippen molar-refractivity contribution in [2.24, 2.45) is 0 Å². The van der Waals surface area contributed by atoms with Crippen molar-refractivity contribution in [1.82, 2.24) is 0 Å². The number of carboxylic acid groups (broad SMARTS) is 1. The van der Waals surface area contributed by atoms with Crippen molar-refractivity contribution in [3.63, 3.8) is 0 Å². The molecule has 0 saturated heterocycles. The second-order valence-corrected chi connectivity index (χ2v) is 2.40. The number of carbonyl (C=O) groups is 1. The van der Waals surface area contributed by atoms with Crippen molar-refractivity contribution in [3.8, 4) is 0 Å². The van der Waals surface area contributed by atoms with Gasteiger partial charge in [0.2, 0.25) is 0 Å². The maximum absolute atomic E-state index is 10.1. The summed E-state index contributed by atoms with van der Waals surface area (Å²) in [6.45, 7) is -0.679. The van der Waals surface area contributed by atoms with E-state index in [-0.39, 0.29) is 6.42 Å². The van der Waals surface area contributed by atoms with E-state index in [2.05, 4.69) is 9.68 Å². The van der Waals surface area contributed by atoms with E-state index in [1.165, 1.54) is 0 Å². The SMILES string of the molecule is O=C(O)CC[C@H](CO[N+](=O)[O-])O[N+](=O)[O-]. The highest BCUT2D eigenvalue weighted by atomic mass is 17.0. The summed E-state index contributed by atoms with van der Waals surface area (Å²) < 4.78 is 0. The van der Waals surface area contributed by atoms with Crippen LogP contribution in [0.3, 0.4) is 0 Å². The summed E-state index contributed by atoms with van der Waals surface area (Å²) in [7, 11) is 0. The maximum atomic E-state index is 10.1. The minimum atomic E-state index is -1.26. The lowest BCUT2D eigenvalue weighted by atomic mass is 10.2. The average molecular weight is 224 g/mol. The molecule has 1 N–H and O–H groups in total. The first-order valence-electron chi connectivity index (χ1n) is 3.72. The number of hydrogen-bond donors (Lipinski definition) is 1. The Kier molecular flexibility index (Phi) is 5.44. The molecule has 0 aliphatic carbocycles. The fourth-order valence-electron chi connectivity index (χ4n) is 0.717. The van der Waals surface area contributed by atoms with Gasteiger partial charge in [-0.1, -0.05) is 0 Å². The van der Waals surface area contributed by atoms with Gasteiger partial charge in [0.05, 0.1) is 0 Å². The Morgan fingerprint density at radius 2 is 1.93 bits per heavy atom. The van der Waals surface area contributed by atoms with E-state index in [4.69, 9.17) is 5.11 Å². The van der Waals surface area contributed by atoms with Crippen molar-refractivity contribution in [1.29, 1.82) is 0 Å². The Labute approximate surface area is 82.6 Å². The van der Waals surface area contributed by atoms with E-state index in [0.29, 0.717) is 0 Å². The summed E-state index contributed by atoms with van der Waals surface area (Å²) in [6.07, 6.45) is -1.91. The smallest absolute Gasteiger partial charge is 0.303 e. The molecule has 0 fully saturated rings. The Morgan fingerprint density at radius 1 is 1.33 bits per heavy atom. The molecule has 0 aromatic carbocycles. The molecule has 1 atom stereocenters. The molecule has 0 aromatic rings.